The van der Waals surface area contributed by atoms with Gasteiger partial charge in [-0.15, -0.1) is 0 Å². The van der Waals surface area contributed by atoms with Crippen molar-refractivity contribution >= 4 is 5.70 Å². The SMILES string of the molecule is C=C(NC)c1cc(F)cc(C(F)(F)F)c1.CC. The van der Waals surface area contributed by atoms with Crippen molar-refractivity contribution in [2.75, 3.05) is 7.05 Å². The van der Waals surface area contributed by atoms with Gasteiger partial charge in [0.25, 0.3) is 0 Å². The van der Waals surface area contributed by atoms with E-state index in [1.165, 1.54) is 7.05 Å². The zero-order valence-electron chi connectivity index (χ0n) is 9.95. The highest BCUT2D eigenvalue weighted by Gasteiger charge is 2.31. The third-order valence-electron chi connectivity index (χ3n) is 1.88. The monoisotopic (exact) mass is 249 g/mol. The van der Waals surface area contributed by atoms with Crippen LogP contribution in [0.4, 0.5) is 17.6 Å². The highest BCUT2D eigenvalue weighted by molar-refractivity contribution is 5.62. The average Bonchev–Trinajstić information content (AvgIpc) is 2.28. The van der Waals surface area contributed by atoms with Crippen molar-refractivity contribution in [1.82, 2.24) is 5.32 Å². The fourth-order valence-electron chi connectivity index (χ4n) is 1.07. The molecule has 0 aromatic heterocycles. The second kappa shape index (κ2) is 6.27. The lowest BCUT2D eigenvalue weighted by molar-refractivity contribution is -0.137. The van der Waals surface area contributed by atoms with Crippen molar-refractivity contribution in [3.05, 3.63) is 41.7 Å². The zero-order chi connectivity index (χ0) is 13.6. The smallest absolute Gasteiger partial charge is 0.388 e. The van der Waals surface area contributed by atoms with Gasteiger partial charge in [-0.05, 0) is 18.2 Å². The van der Waals surface area contributed by atoms with Crippen molar-refractivity contribution < 1.29 is 17.6 Å². The van der Waals surface area contributed by atoms with Gasteiger partial charge in [0.05, 0.1) is 5.56 Å². The first kappa shape index (κ1) is 15.5. The summed E-state index contributed by atoms with van der Waals surface area (Å²) in [5.41, 5.74) is -0.696. The molecule has 0 fully saturated rings. The molecule has 0 atom stereocenters. The topological polar surface area (TPSA) is 12.0 Å². The summed E-state index contributed by atoms with van der Waals surface area (Å²) in [6.45, 7) is 7.46. The van der Waals surface area contributed by atoms with Gasteiger partial charge in [-0.3, -0.25) is 0 Å². The molecule has 0 spiro atoms. The summed E-state index contributed by atoms with van der Waals surface area (Å²) in [7, 11) is 1.50. The van der Waals surface area contributed by atoms with Crippen LogP contribution in [0.25, 0.3) is 5.70 Å². The maximum atomic E-state index is 12.9. The van der Waals surface area contributed by atoms with E-state index in [2.05, 4.69) is 11.9 Å². The van der Waals surface area contributed by atoms with Crippen LogP contribution >= 0.6 is 0 Å². The number of halogens is 4. The molecule has 1 aromatic rings. The Morgan fingerprint density at radius 2 is 1.71 bits per heavy atom. The van der Waals surface area contributed by atoms with E-state index in [4.69, 9.17) is 0 Å². The molecule has 0 saturated heterocycles. The highest BCUT2D eigenvalue weighted by Crippen LogP contribution is 2.31. The summed E-state index contributed by atoms with van der Waals surface area (Å²) >= 11 is 0. The first-order valence-electron chi connectivity index (χ1n) is 5.09. The molecule has 0 aliphatic carbocycles. The lowest BCUT2D eigenvalue weighted by Crippen LogP contribution is -2.09. The molecule has 0 unspecified atom stereocenters. The summed E-state index contributed by atoms with van der Waals surface area (Å²) in [6.07, 6.45) is -4.55. The molecular formula is C12H15F4N. The summed E-state index contributed by atoms with van der Waals surface area (Å²) in [4.78, 5) is 0. The second-order valence-corrected chi connectivity index (χ2v) is 2.95. The normalized spacial score (nSPS) is 10.3. The Kier molecular flexibility index (Phi) is 5.71. The van der Waals surface area contributed by atoms with Gasteiger partial charge in [0.1, 0.15) is 5.82 Å². The molecule has 0 amide bonds. The summed E-state index contributed by atoms with van der Waals surface area (Å²) in [5, 5.41) is 2.56. The van der Waals surface area contributed by atoms with Gasteiger partial charge in [0.15, 0.2) is 0 Å². The number of nitrogens with one attached hydrogen (secondary N) is 1. The molecule has 0 aliphatic heterocycles. The van der Waals surface area contributed by atoms with E-state index in [-0.39, 0.29) is 11.3 Å². The number of rotatable bonds is 2. The molecule has 0 aliphatic rings. The molecule has 1 nitrogen and oxygen atoms in total. The lowest BCUT2D eigenvalue weighted by atomic mass is 10.1. The number of hydrogen-bond donors (Lipinski definition) is 1. The Morgan fingerprint density at radius 1 is 1.18 bits per heavy atom. The second-order valence-electron chi connectivity index (χ2n) is 2.95. The van der Waals surface area contributed by atoms with Gasteiger partial charge >= 0.3 is 6.18 Å². The van der Waals surface area contributed by atoms with Crippen LogP contribution in [0.3, 0.4) is 0 Å². The number of benzene rings is 1. The Balaban J connectivity index is 0.00000121. The largest absolute Gasteiger partial charge is 0.416 e. The zero-order valence-corrected chi connectivity index (χ0v) is 9.95. The Bertz CT molecular complexity index is 383. The molecule has 1 aromatic carbocycles. The third kappa shape index (κ3) is 4.46. The summed E-state index contributed by atoms with van der Waals surface area (Å²) < 4.78 is 49.8. The molecule has 17 heavy (non-hydrogen) atoms. The minimum Gasteiger partial charge on any atom is -0.388 e. The van der Waals surface area contributed by atoms with Crippen molar-refractivity contribution in [3.63, 3.8) is 0 Å². The Morgan fingerprint density at radius 3 is 2.12 bits per heavy atom. The quantitative estimate of drug-likeness (QED) is 0.779. The molecule has 0 heterocycles. The Labute approximate surface area is 98.1 Å². The van der Waals surface area contributed by atoms with Crippen molar-refractivity contribution in [2.45, 2.75) is 20.0 Å². The molecule has 0 saturated carbocycles. The van der Waals surface area contributed by atoms with Gasteiger partial charge in [-0.25, -0.2) is 4.39 Å². The molecule has 0 bridgehead atoms. The number of hydrogen-bond acceptors (Lipinski definition) is 1. The van der Waals surface area contributed by atoms with Crippen LogP contribution in [0.15, 0.2) is 24.8 Å². The molecule has 1 N–H and O–H groups in total. The molecule has 96 valence electrons. The average molecular weight is 249 g/mol. The fourth-order valence-corrected chi connectivity index (χ4v) is 1.07. The third-order valence-corrected chi connectivity index (χ3v) is 1.88. The molecule has 0 radical (unpaired) electrons. The lowest BCUT2D eigenvalue weighted by Gasteiger charge is -2.10. The van der Waals surface area contributed by atoms with Gasteiger partial charge in [0.2, 0.25) is 0 Å². The van der Waals surface area contributed by atoms with Gasteiger partial charge < -0.3 is 5.32 Å². The van der Waals surface area contributed by atoms with Crippen LogP contribution in [0.2, 0.25) is 0 Å². The van der Waals surface area contributed by atoms with Crippen LogP contribution < -0.4 is 5.32 Å². The standard InChI is InChI=1S/C10H9F4N.C2H6/c1-6(15-2)7-3-8(10(12,13)14)5-9(11)4-7;1-2/h3-5,15H,1H2,2H3;1-2H3. The molecule has 1 rings (SSSR count). The predicted molar refractivity (Wildman–Crippen MR) is 60.8 cm³/mol. The summed E-state index contributed by atoms with van der Waals surface area (Å²) in [6, 6.07) is 2.29. The predicted octanol–water partition coefficient (Wildman–Crippen LogP) is 4.06. The first-order valence-corrected chi connectivity index (χ1v) is 5.09. The summed E-state index contributed by atoms with van der Waals surface area (Å²) in [5.74, 6) is -0.934. The van der Waals surface area contributed by atoms with E-state index in [0.717, 1.165) is 12.1 Å². The van der Waals surface area contributed by atoms with E-state index < -0.39 is 17.6 Å². The molecule has 5 heteroatoms. The van der Waals surface area contributed by atoms with E-state index in [1.54, 1.807) is 0 Å². The maximum absolute atomic E-state index is 12.9. The van der Waals surface area contributed by atoms with Crippen molar-refractivity contribution in [3.8, 4) is 0 Å². The van der Waals surface area contributed by atoms with Crippen LogP contribution in [-0.4, -0.2) is 7.05 Å². The van der Waals surface area contributed by atoms with Gasteiger partial charge in [0, 0.05) is 18.3 Å². The van der Waals surface area contributed by atoms with E-state index in [0.29, 0.717) is 6.07 Å². The maximum Gasteiger partial charge on any atom is 0.416 e. The minimum atomic E-state index is -4.55. The van der Waals surface area contributed by atoms with Gasteiger partial charge in [-0.1, -0.05) is 20.4 Å². The van der Waals surface area contributed by atoms with E-state index in [9.17, 15) is 17.6 Å². The van der Waals surface area contributed by atoms with Crippen LogP contribution in [0.5, 0.6) is 0 Å². The molecular weight excluding hydrogens is 234 g/mol. The number of alkyl halides is 3. The van der Waals surface area contributed by atoms with E-state index in [1.807, 2.05) is 13.8 Å². The Hall–Kier alpha value is -1.52. The van der Waals surface area contributed by atoms with E-state index >= 15 is 0 Å². The van der Waals surface area contributed by atoms with Crippen molar-refractivity contribution in [2.24, 2.45) is 0 Å². The highest BCUT2D eigenvalue weighted by atomic mass is 19.4. The first-order chi connectivity index (χ1) is 7.84. The van der Waals surface area contributed by atoms with Crippen LogP contribution in [0, 0.1) is 5.82 Å². The van der Waals surface area contributed by atoms with Crippen LogP contribution in [-0.2, 0) is 6.18 Å². The minimum absolute atomic E-state index is 0.0878. The van der Waals surface area contributed by atoms with Gasteiger partial charge in [-0.2, -0.15) is 13.2 Å². The van der Waals surface area contributed by atoms with Crippen molar-refractivity contribution in [1.29, 1.82) is 0 Å². The fraction of sp³-hybridized carbons (Fsp3) is 0.333. The van der Waals surface area contributed by atoms with Crippen LogP contribution in [0.1, 0.15) is 25.0 Å².